The molecule has 0 atom stereocenters. The minimum Gasteiger partial charge on any atom is -0.484 e. The molecule has 2 amide bonds. The molecular weight excluding hydrogens is 334 g/mol. The average molecular weight is 359 g/mol. The number of rotatable bonds is 10. The van der Waals surface area contributed by atoms with Crippen molar-refractivity contribution >= 4 is 17.5 Å². The molecule has 0 aliphatic rings. The molecule has 2 rings (SSSR count). The largest absolute Gasteiger partial charge is 0.484 e. The SMILES string of the molecule is CCN(CC)CCNC(=O)COc1cccc(NC(=O)c2ccco2)c1. The molecule has 7 nitrogen and oxygen atoms in total. The molecule has 1 heterocycles. The zero-order chi connectivity index (χ0) is 18.8. The summed E-state index contributed by atoms with van der Waals surface area (Å²) >= 11 is 0. The van der Waals surface area contributed by atoms with Gasteiger partial charge in [-0.25, -0.2) is 0 Å². The Kier molecular flexibility index (Phi) is 7.70. The maximum Gasteiger partial charge on any atom is 0.291 e. The molecule has 2 N–H and O–H groups in total. The Balaban J connectivity index is 1.77. The number of carbonyl (C=O) groups excluding carboxylic acids is 2. The van der Waals surface area contributed by atoms with Crippen LogP contribution < -0.4 is 15.4 Å². The maximum absolute atomic E-state index is 12.0. The topological polar surface area (TPSA) is 83.8 Å². The van der Waals surface area contributed by atoms with Crippen molar-refractivity contribution in [3.8, 4) is 5.75 Å². The van der Waals surface area contributed by atoms with Crippen molar-refractivity contribution < 1.29 is 18.7 Å². The zero-order valence-electron chi connectivity index (χ0n) is 15.2. The van der Waals surface area contributed by atoms with Gasteiger partial charge in [-0.05, 0) is 37.4 Å². The summed E-state index contributed by atoms with van der Waals surface area (Å²) in [5.41, 5.74) is 0.561. The lowest BCUT2D eigenvalue weighted by atomic mass is 10.3. The molecule has 2 aromatic rings. The Bertz CT molecular complexity index is 697. The van der Waals surface area contributed by atoms with Gasteiger partial charge in [0.2, 0.25) is 0 Å². The minimum atomic E-state index is -0.346. The minimum absolute atomic E-state index is 0.0756. The van der Waals surface area contributed by atoms with Gasteiger partial charge < -0.3 is 24.7 Å². The number of furan rings is 1. The van der Waals surface area contributed by atoms with Crippen LogP contribution in [-0.2, 0) is 4.79 Å². The van der Waals surface area contributed by atoms with E-state index in [0.29, 0.717) is 18.0 Å². The second-order valence-corrected chi connectivity index (χ2v) is 5.62. The van der Waals surface area contributed by atoms with E-state index in [4.69, 9.17) is 9.15 Å². The Hall–Kier alpha value is -2.80. The monoisotopic (exact) mass is 359 g/mol. The lowest BCUT2D eigenvalue weighted by Crippen LogP contribution is -2.36. The highest BCUT2D eigenvalue weighted by molar-refractivity contribution is 6.02. The molecule has 26 heavy (non-hydrogen) atoms. The Morgan fingerprint density at radius 3 is 2.65 bits per heavy atom. The second-order valence-electron chi connectivity index (χ2n) is 5.62. The highest BCUT2D eigenvalue weighted by Crippen LogP contribution is 2.18. The van der Waals surface area contributed by atoms with Crippen LogP contribution in [0.1, 0.15) is 24.4 Å². The molecule has 0 aliphatic heterocycles. The summed E-state index contributed by atoms with van der Waals surface area (Å²) in [5, 5.41) is 5.54. The van der Waals surface area contributed by atoms with Crippen LogP contribution in [0.4, 0.5) is 5.69 Å². The average Bonchev–Trinajstić information content (AvgIpc) is 3.19. The fourth-order valence-corrected chi connectivity index (χ4v) is 2.36. The third kappa shape index (κ3) is 6.25. The van der Waals surface area contributed by atoms with E-state index in [0.717, 1.165) is 19.6 Å². The van der Waals surface area contributed by atoms with Gasteiger partial charge in [0.15, 0.2) is 12.4 Å². The smallest absolute Gasteiger partial charge is 0.291 e. The normalized spacial score (nSPS) is 10.6. The molecular formula is C19H25N3O4. The van der Waals surface area contributed by atoms with Gasteiger partial charge in [0.1, 0.15) is 5.75 Å². The molecule has 0 spiro atoms. The van der Waals surface area contributed by atoms with Crippen LogP contribution in [0.3, 0.4) is 0 Å². The lowest BCUT2D eigenvalue weighted by molar-refractivity contribution is -0.123. The van der Waals surface area contributed by atoms with Crippen molar-refractivity contribution in [1.29, 1.82) is 0 Å². The Labute approximate surface area is 153 Å². The van der Waals surface area contributed by atoms with E-state index in [1.807, 2.05) is 0 Å². The molecule has 1 aromatic carbocycles. The van der Waals surface area contributed by atoms with Gasteiger partial charge in [-0.2, -0.15) is 0 Å². The van der Waals surface area contributed by atoms with E-state index < -0.39 is 0 Å². The molecule has 7 heteroatoms. The number of carbonyl (C=O) groups is 2. The van der Waals surface area contributed by atoms with Crippen LogP contribution in [0.5, 0.6) is 5.75 Å². The fourth-order valence-electron chi connectivity index (χ4n) is 2.36. The number of amides is 2. The first-order valence-electron chi connectivity index (χ1n) is 8.69. The van der Waals surface area contributed by atoms with E-state index in [-0.39, 0.29) is 24.2 Å². The first-order valence-corrected chi connectivity index (χ1v) is 8.69. The quantitative estimate of drug-likeness (QED) is 0.680. The van der Waals surface area contributed by atoms with Gasteiger partial charge in [0.05, 0.1) is 6.26 Å². The van der Waals surface area contributed by atoms with Crippen LogP contribution in [0.2, 0.25) is 0 Å². The van der Waals surface area contributed by atoms with Crippen LogP contribution in [0.15, 0.2) is 47.1 Å². The highest BCUT2D eigenvalue weighted by Gasteiger charge is 2.09. The summed E-state index contributed by atoms with van der Waals surface area (Å²) in [4.78, 5) is 26.0. The number of nitrogens with zero attached hydrogens (tertiary/aromatic N) is 1. The third-order valence-electron chi connectivity index (χ3n) is 3.85. The van der Waals surface area contributed by atoms with Crippen LogP contribution in [-0.4, -0.2) is 49.5 Å². The summed E-state index contributed by atoms with van der Waals surface area (Å²) in [6.45, 7) is 7.42. The molecule has 0 bridgehead atoms. The van der Waals surface area contributed by atoms with Gasteiger partial charge in [0.25, 0.3) is 11.8 Å². The number of anilines is 1. The van der Waals surface area contributed by atoms with E-state index >= 15 is 0 Å². The molecule has 0 unspecified atom stereocenters. The van der Waals surface area contributed by atoms with Crippen LogP contribution in [0, 0.1) is 0 Å². The van der Waals surface area contributed by atoms with Gasteiger partial charge in [-0.15, -0.1) is 0 Å². The van der Waals surface area contributed by atoms with Crippen molar-refractivity contribution in [2.24, 2.45) is 0 Å². The van der Waals surface area contributed by atoms with Crippen molar-refractivity contribution in [3.05, 3.63) is 48.4 Å². The summed E-state index contributed by atoms with van der Waals surface area (Å²) in [7, 11) is 0. The second kappa shape index (κ2) is 10.2. The summed E-state index contributed by atoms with van der Waals surface area (Å²) in [6.07, 6.45) is 1.44. The first-order chi connectivity index (χ1) is 12.6. The molecule has 0 aliphatic carbocycles. The number of benzene rings is 1. The van der Waals surface area contributed by atoms with E-state index in [2.05, 4.69) is 29.4 Å². The lowest BCUT2D eigenvalue weighted by Gasteiger charge is -2.18. The predicted octanol–water partition coefficient (Wildman–Crippen LogP) is 2.37. The number of ether oxygens (including phenoxy) is 1. The first kappa shape index (κ1) is 19.5. The fraction of sp³-hybridized carbons (Fsp3) is 0.368. The molecule has 0 saturated carbocycles. The number of hydrogen-bond donors (Lipinski definition) is 2. The molecule has 0 saturated heterocycles. The zero-order valence-corrected chi connectivity index (χ0v) is 15.2. The summed E-state index contributed by atoms with van der Waals surface area (Å²) < 4.78 is 10.5. The van der Waals surface area contributed by atoms with Crippen molar-refractivity contribution in [1.82, 2.24) is 10.2 Å². The van der Waals surface area contributed by atoms with Crippen LogP contribution >= 0.6 is 0 Å². The predicted molar refractivity (Wildman–Crippen MR) is 99.4 cm³/mol. The third-order valence-corrected chi connectivity index (χ3v) is 3.85. The molecule has 1 aromatic heterocycles. The maximum atomic E-state index is 12.0. The molecule has 0 radical (unpaired) electrons. The van der Waals surface area contributed by atoms with Gasteiger partial charge in [-0.1, -0.05) is 19.9 Å². The molecule has 140 valence electrons. The van der Waals surface area contributed by atoms with E-state index in [1.54, 1.807) is 36.4 Å². The van der Waals surface area contributed by atoms with E-state index in [1.165, 1.54) is 6.26 Å². The van der Waals surface area contributed by atoms with Gasteiger partial charge in [0, 0.05) is 24.8 Å². The number of nitrogens with one attached hydrogen (secondary N) is 2. The van der Waals surface area contributed by atoms with Crippen LogP contribution in [0.25, 0.3) is 0 Å². The molecule has 0 fully saturated rings. The van der Waals surface area contributed by atoms with Gasteiger partial charge in [-0.3, -0.25) is 9.59 Å². The number of hydrogen-bond acceptors (Lipinski definition) is 5. The summed E-state index contributed by atoms with van der Waals surface area (Å²) in [5.74, 6) is 0.202. The standard InChI is InChI=1S/C19H25N3O4/c1-3-22(4-2)11-10-20-18(23)14-26-16-8-5-7-15(13-16)21-19(24)17-9-6-12-25-17/h5-9,12-13H,3-4,10-11,14H2,1-2H3,(H,20,23)(H,21,24). The van der Waals surface area contributed by atoms with Gasteiger partial charge >= 0.3 is 0 Å². The van der Waals surface area contributed by atoms with Crippen molar-refractivity contribution in [2.75, 3.05) is 38.1 Å². The van der Waals surface area contributed by atoms with Crippen molar-refractivity contribution in [2.45, 2.75) is 13.8 Å². The summed E-state index contributed by atoms with van der Waals surface area (Å²) in [6, 6.07) is 10.1. The van der Waals surface area contributed by atoms with Crippen molar-refractivity contribution in [3.63, 3.8) is 0 Å². The Morgan fingerprint density at radius 1 is 1.15 bits per heavy atom. The number of likely N-dealkylation sites (N-methyl/N-ethyl adjacent to an activating group) is 1. The highest BCUT2D eigenvalue weighted by atomic mass is 16.5. The van der Waals surface area contributed by atoms with E-state index in [9.17, 15) is 9.59 Å². The Morgan fingerprint density at radius 2 is 1.96 bits per heavy atom.